The van der Waals surface area contributed by atoms with E-state index in [9.17, 15) is 0 Å². The Morgan fingerprint density at radius 2 is 2.21 bits per heavy atom. The molecule has 0 heterocycles. The molecule has 1 aromatic carbocycles. The first kappa shape index (κ1) is 11.1. The van der Waals surface area contributed by atoms with Crippen LogP contribution < -0.4 is 5.32 Å². The van der Waals surface area contributed by atoms with Gasteiger partial charge in [0.1, 0.15) is 0 Å². The SMILES string of the molecule is C#CCNC(C)Cc1ccccc1Cl. The summed E-state index contributed by atoms with van der Waals surface area (Å²) >= 11 is 6.03. The molecule has 0 aliphatic carbocycles. The van der Waals surface area contributed by atoms with Gasteiger partial charge in [0.15, 0.2) is 0 Å². The fourth-order valence-corrected chi connectivity index (χ4v) is 1.51. The molecule has 0 radical (unpaired) electrons. The van der Waals surface area contributed by atoms with Gasteiger partial charge in [0, 0.05) is 11.1 Å². The molecule has 2 heteroatoms. The lowest BCUT2D eigenvalue weighted by Crippen LogP contribution is -2.28. The van der Waals surface area contributed by atoms with Crippen molar-refractivity contribution in [3.8, 4) is 12.3 Å². The molecular weight excluding hydrogens is 194 g/mol. The van der Waals surface area contributed by atoms with Crippen LogP contribution in [-0.2, 0) is 6.42 Å². The Bertz CT molecular complexity index is 327. The van der Waals surface area contributed by atoms with Crippen molar-refractivity contribution in [2.45, 2.75) is 19.4 Å². The van der Waals surface area contributed by atoms with Crippen LogP contribution in [0.1, 0.15) is 12.5 Å². The molecule has 0 saturated heterocycles. The molecule has 0 fully saturated rings. The van der Waals surface area contributed by atoms with Gasteiger partial charge in [0.2, 0.25) is 0 Å². The summed E-state index contributed by atoms with van der Waals surface area (Å²) in [5.74, 6) is 2.55. The van der Waals surface area contributed by atoms with Crippen LogP contribution in [0.15, 0.2) is 24.3 Å². The maximum Gasteiger partial charge on any atom is 0.0575 e. The summed E-state index contributed by atoms with van der Waals surface area (Å²) in [6.45, 7) is 2.70. The molecule has 1 N–H and O–H groups in total. The number of hydrogen-bond donors (Lipinski definition) is 1. The van der Waals surface area contributed by atoms with Crippen molar-refractivity contribution in [1.82, 2.24) is 5.32 Å². The highest BCUT2D eigenvalue weighted by Gasteiger charge is 2.04. The minimum Gasteiger partial charge on any atom is -0.303 e. The molecular formula is C12H14ClN. The zero-order valence-corrected chi connectivity index (χ0v) is 9.01. The highest BCUT2D eigenvalue weighted by molar-refractivity contribution is 6.31. The lowest BCUT2D eigenvalue weighted by atomic mass is 10.1. The lowest BCUT2D eigenvalue weighted by Gasteiger charge is -2.12. The largest absolute Gasteiger partial charge is 0.303 e. The van der Waals surface area contributed by atoms with Crippen molar-refractivity contribution in [2.75, 3.05) is 6.54 Å². The van der Waals surface area contributed by atoms with Crippen molar-refractivity contribution < 1.29 is 0 Å². The molecule has 14 heavy (non-hydrogen) atoms. The van der Waals surface area contributed by atoms with Crippen LogP contribution in [-0.4, -0.2) is 12.6 Å². The number of rotatable bonds is 4. The molecule has 1 aromatic rings. The molecule has 0 amide bonds. The smallest absolute Gasteiger partial charge is 0.0575 e. The number of benzene rings is 1. The van der Waals surface area contributed by atoms with Gasteiger partial charge in [-0.3, -0.25) is 0 Å². The van der Waals surface area contributed by atoms with Gasteiger partial charge in [0.25, 0.3) is 0 Å². The van der Waals surface area contributed by atoms with E-state index >= 15 is 0 Å². The minimum absolute atomic E-state index is 0.353. The summed E-state index contributed by atoms with van der Waals surface area (Å²) in [4.78, 5) is 0. The number of halogens is 1. The quantitative estimate of drug-likeness (QED) is 0.749. The highest BCUT2D eigenvalue weighted by atomic mass is 35.5. The van der Waals surface area contributed by atoms with Crippen molar-refractivity contribution in [3.05, 3.63) is 34.9 Å². The topological polar surface area (TPSA) is 12.0 Å². The number of terminal acetylenes is 1. The Morgan fingerprint density at radius 1 is 1.50 bits per heavy atom. The van der Waals surface area contributed by atoms with Gasteiger partial charge in [-0.05, 0) is 25.0 Å². The average Bonchev–Trinajstić information content (AvgIpc) is 2.18. The van der Waals surface area contributed by atoms with Crippen molar-refractivity contribution >= 4 is 11.6 Å². The number of nitrogens with one attached hydrogen (secondary N) is 1. The standard InChI is InChI=1S/C12H14ClN/c1-3-8-14-10(2)9-11-6-4-5-7-12(11)13/h1,4-7,10,14H,8-9H2,2H3. The lowest BCUT2D eigenvalue weighted by molar-refractivity contribution is 0.585. The molecule has 0 bridgehead atoms. The van der Waals surface area contributed by atoms with Gasteiger partial charge in [-0.1, -0.05) is 35.7 Å². The highest BCUT2D eigenvalue weighted by Crippen LogP contribution is 2.16. The molecule has 0 aromatic heterocycles. The molecule has 74 valence electrons. The molecule has 0 aliphatic rings. The van der Waals surface area contributed by atoms with Gasteiger partial charge in [0.05, 0.1) is 6.54 Å². The van der Waals surface area contributed by atoms with Crippen LogP contribution in [0.4, 0.5) is 0 Å². The molecule has 1 rings (SSSR count). The minimum atomic E-state index is 0.353. The van der Waals surface area contributed by atoms with E-state index in [0.717, 1.165) is 17.0 Å². The van der Waals surface area contributed by atoms with Gasteiger partial charge < -0.3 is 5.32 Å². The zero-order chi connectivity index (χ0) is 10.4. The second kappa shape index (κ2) is 5.70. The first-order chi connectivity index (χ1) is 6.74. The second-order valence-electron chi connectivity index (χ2n) is 3.28. The average molecular weight is 208 g/mol. The van der Waals surface area contributed by atoms with Gasteiger partial charge in [-0.25, -0.2) is 0 Å². The van der Waals surface area contributed by atoms with E-state index < -0.39 is 0 Å². The van der Waals surface area contributed by atoms with Crippen LogP contribution in [0.2, 0.25) is 5.02 Å². The molecule has 0 saturated carbocycles. The Hall–Kier alpha value is -0.970. The predicted octanol–water partition coefficient (Wildman–Crippen LogP) is 2.49. The molecule has 0 spiro atoms. The normalized spacial score (nSPS) is 12.1. The van der Waals surface area contributed by atoms with Crippen LogP contribution in [0.25, 0.3) is 0 Å². The Labute approximate surface area is 90.5 Å². The van der Waals surface area contributed by atoms with Crippen LogP contribution >= 0.6 is 11.6 Å². The molecule has 1 unspecified atom stereocenters. The van der Waals surface area contributed by atoms with E-state index in [1.54, 1.807) is 0 Å². The van der Waals surface area contributed by atoms with E-state index in [1.165, 1.54) is 0 Å². The zero-order valence-electron chi connectivity index (χ0n) is 8.26. The third kappa shape index (κ3) is 3.41. The Kier molecular flexibility index (Phi) is 4.52. The van der Waals surface area contributed by atoms with Gasteiger partial charge in [-0.2, -0.15) is 0 Å². The van der Waals surface area contributed by atoms with Crippen molar-refractivity contribution in [2.24, 2.45) is 0 Å². The second-order valence-corrected chi connectivity index (χ2v) is 3.69. The van der Waals surface area contributed by atoms with Crippen LogP contribution in [0.3, 0.4) is 0 Å². The summed E-state index contributed by atoms with van der Waals surface area (Å²) < 4.78 is 0. The fourth-order valence-electron chi connectivity index (χ4n) is 1.30. The summed E-state index contributed by atoms with van der Waals surface area (Å²) in [7, 11) is 0. The molecule has 1 nitrogen and oxygen atoms in total. The fraction of sp³-hybridized carbons (Fsp3) is 0.333. The summed E-state index contributed by atoms with van der Waals surface area (Å²) in [6.07, 6.45) is 6.07. The Balaban J connectivity index is 2.52. The maximum absolute atomic E-state index is 6.03. The molecule has 0 aliphatic heterocycles. The van der Waals surface area contributed by atoms with Crippen molar-refractivity contribution in [3.63, 3.8) is 0 Å². The predicted molar refractivity (Wildman–Crippen MR) is 61.5 cm³/mol. The third-order valence-corrected chi connectivity index (χ3v) is 2.41. The molecule has 1 atom stereocenters. The Morgan fingerprint density at radius 3 is 2.86 bits per heavy atom. The van der Waals surface area contributed by atoms with E-state index in [0.29, 0.717) is 12.6 Å². The van der Waals surface area contributed by atoms with Gasteiger partial charge >= 0.3 is 0 Å². The first-order valence-corrected chi connectivity index (χ1v) is 5.02. The van der Waals surface area contributed by atoms with E-state index in [2.05, 4.69) is 18.2 Å². The summed E-state index contributed by atoms with van der Waals surface area (Å²) in [5, 5.41) is 4.03. The van der Waals surface area contributed by atoms with Crippen molar-refractivity contribution in [1.29, 1.82) is 0 Å². The third-order valence-electron chi connectivity index (χ3n) is 2.04. The van der Waals surface area contributed by atoms with E-state index in [4.69, 9.17) is 18.0 Å². The van der Waals surface area contributed by atoms with E-state index in [-0.39, 0.29) is 0 Å². The van der Waals surface area contributed by atoms with E-state index in [1.807, 2.05) is 24.3 Å². The monoisotopic (exact) mass is 207 g/mol. The van der Waals surface area contributed by atoms with Crippen LogP contribution in [0.5, 0.6) is 0 Å². The maximum atomic E-state index is 6.03. The number of hydrogen-bond acceptors (Lipinski definition) is 1. The summed E-state index contributed by atoms with van der Waals surface area (Å²) in [5.41, 5.74) is 1.16. The summed E-state index contributed by atoms with van der Waals surface area (Å²) in [6, 6.07) is 8.23. The first-order valence-electron chi connectivity index (χ1n) is 4.64. The van der Waals surface area contributed by atoms with Gasteiger partial charge in [-0.15, -0.1) is 6.42 Å². The van der Waals surface area contributed by atoms with Crippen LogP contribution in [0, 0.1) is 12.3 Å².